The van der Waals surface area contributed by atoms with Gasteiger partial charge >= 0.3 is 0 Å². The van der Waals surface area contributed by atoms with E-state index in [4.69, 9.17) is 0 Å². The summed E-state index contributed by atoms with van der Waals surface area (Å²) in [5.74, 6) is 0. The first-order valence-corrected chi connectivity index (χ1v) is 6.19. The Morgan fingerprint density at radius 3 is 3.06 bits per heavy atom. The van der Waals surface area contributed by atoms with Gasteiger partial charge in [-0.3, -0.25) is 0 Å². The number of rotatable bonds is 2. The minimum atomic E-state index is 0.917. The van der Waals surface area contributed by atoms with Crippen LogP contribution in [-0.4, -0.2) is 14.6 Å². The number of hydrogen-bond donors (Lipinski definition) is 0. The largest absolute Gasteiger partial charge is 0.237 e. The van der Waals surface area contributed by atoms with Gasteiger partial charge in [-0.1, -0.05) is 6.92 Å². The number of nitrogens with zero attached hydrogens (tertiary/aromatic N) is 3. The molecule has 3 heterocycles. The van der Waals surface area contributed by atoms with Gasteiger partial charge in [0.25, 0.3) is 0 Å². The average Bonchev–Trinajstić information content (AvgIpc) is 2.96. The molecule has 0 atom stereocenters. The monoisotopic (exact) mass is 229 g/mol. The lowest BCUT2D eigenvalue weighted by molar-refractivity contribution is 0.852. The van der Waals surface area contributed by atoms with Crippen LogP contribution in [0.15, 0.2) is 35.2 Å². The molecule has 3 nitrogen and oxygen atoms in total. The van der Waals surface area contributed by atoms with Crippen molar-refractivity contribution < 1.29 is 0 Å². The first-order chi connectivity index (χ1) is 7.88. The van der Waals surface area contributed by atoms with Crippen molar-refractivity contribution in [3.63, 3.8) is 0 Å². The molecule has 3 rings (SSSR count). The van der Waals surface area contributed by atoms with Gasteiger partial charge in [0, 0.05) is 28.9 Å². The zero-order valence-corrected chi connectivity index (χ0v) is 9.74. The molecule has 4 heteroatoms. The molecule has 0 aromatic carbocycles. The second-order valence-electron chi connectivity index (χ2n) is 3.60. The van der Waals surface area contributed by atoms with Gasteiger partial charge in [0.05, 0.1) is 5.69 Å². The molecule has 0 amide bonds. The lowest BCUT2D eigenvalue weighted by atomic mass is 10.2. The highest BCUT2D eigenvalue weighted by atomic mass is 32.1. The summed E-state index contributed by atoms with van der Waals surface area (Å²) < 4.78 is 1.92. The maximum atomic E-state index is 4.59. The highest BCUT2D eigenvalue weighted by molar-refractivity contribution is 7.08. The number of aryl methyl sites for hydroxylation is 1. The number of hydrogen-bond acceptors (Lipinski definition) is 3. The molecule has 0 unspecified atom stereocenters. The summed E-state index contributed by atoms with van der Waals surface area (Å²) in [7, 11) is 0. The average molecular weight is 229 g/mol. The maximum Gasteiger partial charge on any atom is 0.155 e. The van der Waals surface area contributed by atoms with Gasteiger partial charge in [-0.15, -0.1) is 0 Å². The van der Waals surface area contributed by atoms with Crippen molar-refractivity contribution in [3.05, 3.63) is 40.8 Å². The summed E-state index contributed by atoms with van der Waals surface area (Å²) in [6.07, 6.45) is 2.80. The second-order valence-corrected chi connectivity index (χ2v) is 4.38. The molecule has 16 heavy (non-hydrogen) atoms. The van der Waals surface area contributed by atoms with Crippen LogP contribution in [0.3, 0.4) is 0 Å². The SMILES string of the molecule is CCc1ccnc2cc(-c3ccsc3)nn12. The van der Waals surface area contributed by atoms with Crippen molar-refractivity contribution in [2.75, 3.05) is 0 Å². The zero-order chi connectivity index (χ0) is 11.0. The molecule has 3 aromatic rings. The van der Waals surface area contributed by atoms with Crippen molar-refractivity contribution in [2.45, 2.75) is 13.3 Å². The van der Waals surface area contributed by atoms with Gasteiger partial charge in [-0.2, -0.15) is 16.4 Å². The Bertz CT molecular complexity index is 610. The fraction of sp³-hybridized carbons (Fsp3) is 0.167. The van der Waals surface area contributed by atoms with Gasteiger partial charge in [-0.25, -0.2) is 9.50 Å². The molecule has 0 fully saturated rings. The van der Waals surface area contributed by atoms with Crippen LogP contribution in [0.4, 0.5) is 0 Å². The Balaban J connectivity index is 2.23. The molecule has 0 spiro atoms. The van der Waals surface area contributed by atoms with E-state index in [-0.39, 0.29) is 0 Å². The maximum absolute atomic E-state index is 4.59. The van der Waals surface area contributed by atoms with Crippen LogP contribution in [0.2, 0.25) is 0 Å². The van der Waals surface area contributed by atoms with Crippen LogP contribution in [0.25, 0.3) is 16.9 Å². The third-order valence-corrected chi connectivity index (χ3v) is 3.30. The predicted octanol–water partition coefficient (Wildman–Crippen LogP) is 3.02. The van der Waals surface area contributed by atoms with Gasteiger partial charge in [-0.05, 0) is 23.9 Å². The summed E-state index contributed by atoms with van der Waals surface area (Å²) in [6, 6.07) is 6.12. The molecule has 0 aliphatic heterocycles. The summed E-state index contributed by atoms with van der Waals surface area (Å²) in [5.41, 5.74) is 4.26. The topological polar surface area (TPSA) is 30.2 Å². The van der Waals surface area contributed by atoms with E-state index < -0.39 is 0 Å². The van der Waals surface area contributed by atoms with E-state index in [0.29, 0.717) is 0 Å². The lowest BCUT2D eigenvalue weighted by Gasteiger charge is -1.98. The van der Waals surface area contributed by atoms with Crippen LogP contribution < -0.4 is 0 Å². The number of aromatic nitrogens is 3. The summed E-state index contributed by atoms with van der Waals surface area (Å²) in [5, 5.41) is 8.75. The molecule has 0 N–H and O–H groups in total. The quantitative estimate of drug-likeness (QED) is 0.676. The Hall–Kier alpha value is -1.68. The fourth-order valence-electron chi connectivity index (χ4n) is 1.76. The van der Waals surface area contributed by atoms with Crippen molar-refractivity contribution in [1.29, 1.82) is 0 Å². The molecule has 0 radical (unpaired) electrons. The third kappa shape index (κ3) is 1.42. The highest BCUT2D eigenvalue weighted by Gasteiger charge is 2.07. The Morgan fingerprint density at radius 2 is 2.31 bits per heavy atom. The van der Waals surface area contributed by atoms with Crippen molar-refractivity contribution in [3.8, 4) is 11.3 Å². The third-order valence-electron chi connectivity index (χ3n) is 2.62. The van der Waals surface area contributed by atoms with E-state index in [1.54, 1.807) is 11.3 Å². The van der Waals surface area contributed by atoms with E-state index >= 15 is 0 Å². The first-order valence-electron chi connectivity index (χ1n) is 5.24. The van der Waals surface area contributed by atoms with Crippen LogP contribution in [0.1, 0.15) is 12.6 Å². The molecule has 0 saturated carbocycles. The molecule has 80 valence electrons. The van der Waals surface area contributed by atoms with Gasteiger partial charge < -0.3 is 0 Å². The van der Waals surface area contributed by atoms with E-state index in [2.05, 4.69) is 33.8 Å². The molecule has 0 aliphatic rings. The van der Waals surface area contributed by atoms with Crippen molar-refractivity contribution >= 4 is 17.0 Å². The van der Waals surface area contributed by atoms with E-state index in [0.717, 1.165) is 23.3 Å². The minimum Gasteiger partial charge on any atom is -0.237 e. The fourth-order valence-corrected chi connectivity index (χ4v) is 2.41. The molecule has 0 bridgehead atoms. The molecular formula is C12H11N3S. The normalized spacial score (nSPS) is 11.1. The Labute approximate surface area is 97.4 Å². The summed E-state index contributed by atoms with van der Waals surface area (Å²) in [6.45, 7) is 2.13. The van der Waals surface area contributed by atoms with Gasteiger partial charge in [0.15, 0.2) is 5.65 Å². The highest BCUT2D eigenvalue weighted by Crippen LogP contribution is 2.21. The van der Waals surface area contributed by atoms with E-state index in [1.807, 2.05) is 22.8 Å². The first kappa shape index (κ1) is 9.54. The molecular weight excluding hydrogens is 218 g/mol. The standard InChI is InChI=1S/C12H11N3S/c1-2-10-3-5-13-12-7-11(14-15(10)12)9-4-6-16-8-9/h3-8H,2H2,1H3. The van der Waals surface area contributed by atoms with Crippen LogP contribution in [0, 0.1) is 0 Å². The van der Waals surface area contributed by atoms with Crippen LogP contribution in [-0.2, 0) is 6.42 Å². The van der Waals surface area contributed by atoms with Crippen molar-refractivity contribution in [2.24, 2.45) is 0 Å². The van der Waals surface area contributed by atoms with Crippen molar-refractivity contribution in [1.82, 2.24) is 14.6 Å². The summed E-state index contributed by atoms with van der Waals surface area (Å²) in [4.78, 5) is 4.32. The zero-order valence-electron chi connectivity index (χ0n) is 8.92. The molecule has 0 saturated heterocycles. The molecule has 0 aliphatic carbocycles. The second kappa shape index (κ2) is 3.72. The minimum absolute atomic E-state index is 0.917. The lowest BCUT2D eigenvalue weighted by Crippen LogP contribution is -1.97. The smallest absolute Gasteiger partial charge is 0.155 e. The number of thiophene rings is 1. The predicted molar refractivity (Wildman–Crippen MR) is 65.7 cm³/mol. The van der Waals surface area contributed by atoms with Gasteiger partial charge in [0.1, 0.15) is 0 Å². The number of fused-ring (bicyclic) bond motifs is 1. The van der Waals surface area contributed by atoms with Gasteiger partial charge in [0.2, 0.25) is 0 Å². The van der Waals surface area contributed by atoms with Crippen LogP contribution >= 0.6 is 11.3 Å². The van der Waals surface area contributed by atoms with E-state index in [9.17, 15) is 0 Å². The van der Waals surface area contributed by atoms with E-state index in [1.165, 1.54) is 5.69 Å². The van der Waals surface area contributed by atoms with Crippen LogP contribution in [0.5, 0.6) is 0 Å². The molecule has 3 aromatic heterocycles. The summed E-state index contributed by atoms with van der Waals surface area (Å²) >= 11 is 1.68. The Kier molecular flexibility index (Phi) is 2.22. The Morgan fingerprint density at radius 1 is 1.38 bits per heavy atom.